The van der Waals surface area contributed by atoms with E-state index >= 15 is 0 Å². The van der Waals surface area contributed by atoms with Gasteiger partial charge in [-0.1, -0.05) is 0 Å². The summed E-state index contributed by atoms with van der Waals surface area (Å²) in [6, 6.07) is 0. The Morgan fingerprint density at radius 1 is 1.09 bits per heavy atom. The van der Waals surface area contributed by atoms with E-state index in [-0.39, 0.29) is 0 Å². The molecule has 7 nitrogen and oxygen atoms in total. The molecule has 1 aromatic rings. The second kappa shape index (κ2) is 8.19. The molecule has 0 unspecified atom stereocenters. The highest BCUT2D eigenvalue weighted by atomic mass is 16.5. The molecule has 2 aliphatic heterocycles. The molecule has 2 fully saturated rings. The summed E-state index contributed by atoms with van der Waals surface area (Å²) in [5, 5.41) is 8.95. The molecule has 7 heteroatoms. The molecule has 0 aliphatic carbocycles. The molecule has 0 spiro atoms. The Bertz CT molecular complexity index is 479. The number of morpholine rings is 1. The fourth-order valence-electron chi connectivity index (χ4n) is 3.46. The van der Waals surface area contributed by atoms with Crippen molar-refractivity contribution in [3.63, 3.8) is 0 Å². The van der Waals surface area contributed by atoms with Crippen molar-refractivity contribution in [2.75, 3.05) is 59.7 Å². The number of hydrogen-bond donors (Lipinski definition) is 0. The highest BCUT2D eigenvalue weighted by Gasteiger charge is 2.25. The molecule has 0 N–H and O–H groups in total. The van der Waals surface area contributed by atoms with Crippen molar-refractivity contribution in [1.29, 1.82) is 0 Å². The van der Waals surface area contributed by atoms with E-state index in [1.54, 1.807) is 7.11 Å². The molecule has 23 heavy (non-hydrogen) atoms. The number of methoxy groups -OCH3 is 1. The summed E-state index contributed by atoms with van der Waals surface area (Å²) < 4.78 is 12.8. The summed E-state index contributed by atoms with van der Waals surface area (Å²) in [5.41, 5.74) is 0. The zero-order valence-corrected chi connectivity index (χ0v) is 14.4. The monoisotopic (exact) mass is 323 g/mol. The number of piperidine rings is 1. The SMILES string of the molecule is COCCN1CCC(c2nnc(CN3CCOCC3)n2C)CC1. The molecule has 3 heterocycles. The fraction of sp³-hybridized carbons (Fsp3) is 0.875. The normalized spacial score (nSPS) is 21.8. The Labute approximate surface area is 138 Å². The third-order valence-corrected chi connectivity index (χ3v) is 5.03. The molecule has 3 rings (SSSR count). The standard InChI is InChI=1S/C16H29N5O2/c1-19-15(13-21-8-11-23-12-9-21)17-18-16(19)14-3-5-20(6-4-14)7-10-22-2/h14H,3-13H2,1-2H3. The minimum absolute atomic E-state index is 0.532. The van der Waals surface area contributed by atoms with Crippen LogP contribution in [0.25, 0.3) is 0 Å². The number of ether oxygens (including phenoxy) is 2. The van der Waals surface area contributed by atoms with Gasteiger partial charge in [-0.25, -0.2) is 0 Å². The Balaban J connectivity index is 1.54. The van der Waals surface area contributed by atoms with E-state index in [1.807, 2.05) is 0 Å². The van der Waals surface area contributed by atoms with E-state index < -0.39 is 0 Å². The highest BCUT2D eigenvalue weighted by Crippen LogP contribution is 2.26. The van der Waals surface area contributed by atoms with Crippen LogP contribution in [0.3, 0.4) is 0 Å². The minimum atomic E-state index is 0.532. The summed E-state index contributed by atoms with van der Waals surface area (Å²) in [6.07, 6.45) is 2.32. The summed E-state index contributed by atoms with van der Waals surface area (Å²) in [7, 11) is 3.88. The van der Waals surface area contributed by atoms with Crippen LogP contribution in [0.5, 0.6) is 0 Å². The maximum Gasteiger partial charge on any atom is 0.146 e. The molecular weight excluding hydrogens is 294 g/mol. The lowest BCUT2D eigenvalue weighted by molar-refractivity contribution is 0.0326. The van der Waals surface area contributed by atoms with Crippen molar-refractivity contribution < 1.29 is 9.47 Å². The third-order valence-electron chi connectivity index (χ3n) is 5.03. The molecule has 130 valence electrons. The highest BCUT2D eigenvalue weighted by molar-refractivity contribution is 5.03. The molecule has 0 saturated carbocycles. The molecule has 2 aliphatic rings. The van der Waals surface area contributed by atoms with E-state index in [1.165, 1.54) is 0 Å². The van der Waals surface area contributed by atoms with Crippen LogP contribution in [0, 0.1) is 0 Å². The maximum atomic E-state index is 5.41. The zero-order valence-electron chi connectivity index (χ0n) is 14.4. The second-order valence-corrected chi connectivity index (χ2v) is 6.53. The van der Waals surface area contributed by atoms with Crippen molar-refractivity contribution in [3.05, 3.63) is 11.6 Å². The smallest absolute Gasteiger partial charge is 0.146 e. The van der Waals surface area contributed by atoms with Crippen LogP contribution < -0.4 is 0 Å². The first kappa shape index (κ1) is 16.8. The van der Waals surface area contributed by atoms with Gasteiger partial charge in [-0.15, -0.1) is 10.2 Å². The van der Waals surface area contributed by atoms with E-state index in [2.05, 4.69) is 31.6 Å². The van der Waals surface area contributed by atoms with Crippen LogP contribution in [-0.4, -0.2) is 84.2 Å². The summed E-state index contributed by atoms with van der Waals surface area (Å²) in [4.78, 5) is 4.87. The van der Waals surface area contributed by atoms with Crippen LogP contribution in [0.4, 0.5) is 0 Å². The van der Waals surface area contributed by atoms with Gasteiger partial charge < -0.3 is 18.9 Å². The Hall–Kier alpha value is -1.02. The van der Waals surface area contributed by atoms with Crippen LogP contribution in [-0.2, 0) is 23.1 Å². The molecule has 0 radical (unpaired) electrons. The molecule has 0 amide bonds. The first-order valence-electron chi connectivity index (χ1n) is 8.67. The lowest BCUT2D eigenvalue weighted by atomic mass is 9.96. The van der Waals surface area contributed by atoms with Crippen LogP contribution >= 0.6 is 0 Å². The van der Waals surface area contributed by atoms with Crippen molar-refractivity contribution >= 4 is 0 Å². The minimum Gasteiger partial charge on any atom is -0.383 e. The van der Waals surface area contributed by atoms with E-state index in [0.717, 1.165) is 83.6 Å². The summed E-state index contributed by atoms with van der Waals surface area (Å²) in [6.45, 7) is 8.59. The van der Waals surface area contributed by atoms with Gasteiger partial charge in [0.25, 0.3) is 0 Å². The fourth-order valence-corrected chi connectivity index (χ4v) is 3.46. The Morgan fingerprint density at radius 3 is 2.52 bits per heavy atom. The summed E-state index contributed by atoms with van der Waals surface area (Å²) in [5.74, 6) is 2.76. The average Bonchev–Trinajstić information content (AvgIpc) is 2.95. The topological polar surface area (TPSA) is 55.6 Å². The van der Waals surface area contributed by atoms with E-state index in [0.29, 0.717) is 5.92 Å². The quantitative estimate of drug-likeness (QED) is 0.759. The zero-order chi connectivity index (χ0) is 16.1. The van der Waals surface area contributed by atoms with Gasteiger partial charge in [-0.2, -0.15) is 0 Å². The van der Waals surface area contributed by atoms with Crippen molar-refractivity contribution in [1.82, 2.24) is 24.6 Å². The number of aromatic nitrogens is 3. The van der Waals surface area contributed by atoms with Crippen LogP contribution in [0.1, 0.15) is 30.4 Å². The number of hydrogen-bond acceptors (Lipinski definition) is 6. The van der Waals surface area contributed by atoms with Gasteiger partial charge in [0, 0.05) is 39.7 Å². The van der Waals surface area contributed by atoms with Gasteiger partial charge in [-0.05, 0) is 25.9 Å². The molecule has 0 aromatic carbocycles. The van der Waals surface area contributed by atoms with Crippen LogP contribution in [0.15, 0.2) is 0 Å². The summed E-state index contributed by atoms with van der Waals surface area (Å²) >= 11 is 0. The first-order chi connectivity index (χ1) is 11.3. The van der Waals surface area contributed by atoms with Crippen molar-refractivity contribution in [2.45, 2.75) is 25.3 Å². The van der Waals surface area contributed by atoms with E-state index in [9.17, 15) is 0 Å². The maximum absolute atomic E-state index is 5.41. The number of rotatable bonds is 6. The molecule has 0 bridgehead atoms. The molecule has 2 saturated heterocycles. The van der Waals surface area contributed by atoms with E-state index in [4.69, 9.17) is 9.47 Å². The van der Waals surface area contributed by atoms with Crippen LogP contribution in [0.2, 0.25) is 0 Å². The molecule has 0 atom stereocenters. The van der Waals surface area contributed by atoms with Gasteiger partial charge in [0.05, 0.1) is 26.4 Å². The predicted octanol–water partition coefficient (Wildman–Crippen LogP) is 0.473. The van der Waals surface area contributed by atoms with Crippen molar-refractivity contribution in [3.8, 4) is 0 Å². The lowest BCUT2D eigenvalue weighted by Gasteiger charge is -2.31. The Kier molecular flexibility index (Phi) is 5.99. The van der Waals surface area contributed by atoms with Crippen molar-refractivity contribution in [2.24, 2.45) is 7.05 Å². The van der Waals surface area contributed by atoms with Gasteiger partial charge in [0.2, 0.25) is 0 Å². The second-order valence-electron chi connectivity index (χ2n) is 6.53. The predicted molar refractivity (Wildman–Crippen MR) is 87.4 cm³/mol. The van der Waals surface area contributed by atoms with Gasteiger partial charge in [-0.3, -0.25) is 4.90 Å². The average molecular weight is 323 g/mol. The van der Waals surface area contributed by atoms with Gasteiger partial charge >= 0.3 is 0 Å². The van der Waals surface area contributed by atoms with Gasteiger partial charge in [0.1, 0.15) is 11.6 Å². The molecular formula is C16H29N5O2. The molecule has 1 aromatic heterocycles. The Morgan fingerprint density at radius 2 is 1.83 bits per heavy atom. The number of likely N-dealkylation sites (tertiary alicyclic amines) is 1. The number of nitrogens with zero attached hydrogens (tertiary/aromatic N) is 5. The third kappa shape index (κ3) is 4.29. The lowest BCUT2D eigenvalue weighted by Crippen LogP contribution is -2.36. The largest absolute Gasteiger partial charge is 0.383 e. The first-order valence-corrected chi connectivity index (χ1v) is 8.67. The van der Waals surface area contributed by atoms with Gasteiger partial charge in [0.15, 0.2) is 0 Å².